The van der Waals surface area contributed by atoms with Gasteiger partial charge in [-0.05, 0) is 36.4 Å². The van der Waals surface area contributed by atoms with E-state index in [9.17, 15) is 14.4 Å². The minimum absolute atomic E-state index is 0.104. The Kier molecular flexibility index (Phi) is 4.42. The molecule has 2 N–H and O–H groups in total. The Bertz CT molecular complexity index is 976. The Morgan fingerprint density at radius 1 is 1.00 bits per heavy atom. The first-order chi connectivity index (χ1) is 12.0. The van der Waals surface area contributed by atoms with Crippen LogP contribution in [0.1, 0.15) is 21.0 Å². The van der Waals surface area contributed by atoms with Crippen LogP contribution in [0.25, 0.3) is 0 Å². The van der Waals surface area contributed by atoms with Crippen LogP contribution >= 0.6 is 0 Å². The molecule has 3 aromatic rings. The van der Waals surface area contributed by atoms with Gasteiger partial charge in [-0.3, -0.25) is 14.4 Å². The molecular weight excluding hydrogens is 324 g/mol. The first-order valence-electron chi connectivity index (χ1n) is 7.33. The molecule has 0 radical (unpaired) electrons. The van der Waals surface area contributed by atoms with Crippen molar-refractivity contribution in [2.45, 2.75) is 0 Å². The lowest BCUT2D eigenvalue weighted by Gasteiger charge is -2.08. The highest BCUT2D eigenvalue weighted by atomic mass is 16.3. The van der Waals surface area contributed by atoms with Crippen LogP contribution in [0.4, 0.5) is 11.4 Å². The summed E-state index contributed by atoms with van der Waals surface area (Å²) in [6.07, 6.45) is 1.41. The van der Waals surface area contributed by atoms with E-state index in [4.69, 9.17) is 4.42 Å². The van der Waals surface area contributed by atoms with Crippen LogP contribution in [0.2, 0.25) is 0 Å². The predicted molar refractivity (Wildman–Crippen MR) is 90.5 cm³/mol. The van der Waals surface area contributed by atoms with E-state index in [-0.39, 0.29) is 17.0 Å². The van der Waals surface area contributed by atoms with Gasteiger partial charge in [0.25, 0.3) is 17.4 Å². The molecule has 0 atom stereocenters. The van der Waals surface area contributed by atoms with Crippen LogP contribution in [0.15, 0.2) is 64.0 Å². The Labute approximate surface area is 142 Å². The maximum Gasteiger partial charge on any atom is 0.291 e. The number of carbonyl (C=O) groups is 2. The Morgan fingerprint density at radius 3 is 2.36 bits per heavy atom. The van der Waals surface area contributed by atoms with E-state index < -0.39 is 11.8 Å². The highest BCUT2D eigenvalue weighted by Crippen LogP contribution is 2.17. The second kappa shape index (κ2) is 6.83. The van der Waals surface area contributed by atoms with E-state index in [2.05, 4.69) is 15.7 Å². The maximum atomic E-state index is 12.2. The molecule has 2 amide bonds. The van der Waals surface area contributed by atoms with Gasteiger partial charge in [-0.2, -0.15) is 5.10 Å². The predicted octanol–water partition coefficient (Wildman–Crippen LogP) is 1.88. The van der Waals surface area contributed by atoms with E-state index in [1.165, 1.54) is 25.4 Å². The fourth-order valence-electron chi connectivity index (χ4n) is 2.09. The second-order valence-corrected chi connectivity index (χ2v) is 5.15. The van der Waals surface area contributed by atoms with Crippen molar-refractivity contribution < 1.29 is 14.0 Å². The van der Waals surface area contributed by atoms with Crippen molar-refractivity contribution >= 4 is 23.2 Å². The fourth-order valence-corrected chi connectivity index (χ4v) is 2.09. The number of amides is 2. The molecule has 0 aliphatic carbocycles. The van der Waals surface area contributed by atoms with Crippen LogP contribution in [0, 0.1) is 0 Å². The average molecular weight is 338 g/mol. The lowest BCUT2D eigenvalue weighted by atomic mass is 10.2. The lowest BCUT2D eigenvalue weighted by molar-refractivity contribution is 0.0994. The second-order valence-electron chi connectivity index (χ2n) is 5.15. The molecule has 0 aliphatic rings. The van der Waals surface area contributed by atoms with E-state index in [0.717, 1.165) is 4.68 Å². The van der Waals surface area contributed by atoms with Crippen molar-refractivity contribution in [3.8, 4) is 0 Å². The standard InChI is InChI=1S/C17H14N4O4/c1-21-15(22)8-7-13(20-21)16(23)18-11-4-2-5-12(10-11)19-17(24)14-6-3-9-25-14/h2-10H,1H3,(H,18,23)(H,19,24). The zero-order valence-corrected chi connectivity index (χ0v) is 13.2. The van der Waals surface area contributed by atoms with Gasteiger partial charge in [0.15, 0.2) is 5.76 Å². The molecule has 0 spiro atoms. The summed E-state index contributed by atoms with van der Waals surface area (Å²) in [5, 5.41) is 9.21. The molecule has 1 aromatic carbocycles. The van der Waals surface area contributed by atoms with Gasteiger partial charge in [0.05, 0.1) is 6.26 Å². The number of furan rings is 1. The molecule has 0 saturated carbocycles. The normalized spacial score (nSPS) is 10.3. The Balaban J connectivity index is 1.73. The summed E-state index contributed by atoms with van der Waals surface area (Å²) < 4.78 is 6.10. The highest BCUT2D eigenvalue weighted by molar-refractivity contribution is 6.04. The number of nitrogens with zero attached hydrogens (tertiary/aromatic N) is 2. The number of rotatable bonds is 4. The van der Waals surface area contributed by atoms with Gasteiger partial charge in [0.2, 0.25) is 0 Å². The summed E-state index contributed by atoms with van der Waals surface area (Å²) in [6, 6.07) is 12.4. The van der Waals surface area contributed by atoms with E-state index in [1.807, 2.05) is 0 Å². The zero-order valence-electron chi connectivity index (χ0n) is 13.2. The van der Waals surface area contributed by atoms with Gasteiger partial charge in [0.1, 0.15) is 5.69 Å². The average Bonchev–Trinajstić information content (AvgIpc) is 3.12. The van der Waals surface area contributed by atoms with Gasteiger partial charge in [0, 0.05) is 24.5 Å². The maximum absolute atomic E-state index is 12.2. The number of nitrogens with one attached hydrogen (secondary N) is 2. The van der Waals surface area contributed by atoms with Crippen molar-refractivity contribution in [3.63, 3.8) is 0 Å². The number of benzene rings is 1. The molecule has 0 bridgehead atoms. The van der Waals surface area contributed by atoms with Crippen molar-refractivity contribution in [1.29, 1.82) is 0 Å². The molecule has 2 heterocycles. The molecule has 2 aromatic heterocycles. The van der Waals surface area contributed by atoms with Crippen LogP contribution < -0.4 is 16.2 Å². The monoisotopic (exact) mass is 338 g/mol. The fraction of sp³-hybridized carbons (Fsp3) is 0.0588. The quantitative estimate of drug-likeness (QED) is 0.755. The van der Waals surface area contributed by atoms with Crippen LogP contribution in [-0.2, 0) is 7.05 Å². The van der Waals surface area contributed by atoms with Crippen LogP contribution in [-0.4, -0.2) is 21.6 Å². The zero-order chi connectivity index (χ0) is 17.8. The number of hydrogen-bond acceptors (Lipinski definition) is 5. The summed E-state index contributed by atoms with van der Waals surface area (Å²) in [4.78, 5) is 35.5. The molecule has 3 rings (SSSR count). The summed E-state index contributed by atoms with van der Waals surface area (Å²) in [5.74, 6) is -0.679. The summed E-state index contributed by atoms with van der Waals surface area (Å²) >= 11 is 0. The van der Waals surface area contributed by atoms with Gasteiger partial charge in [-0.25, -0.2) is 4.68 Å². The summed E-state index contributed by atoms with van der Waals surface area (Å²) in [7, 11) is 1.46. The first-order valence-corrected chi connectivity index (χ1v) is 7.33. The molecule has 126 valence electrons. The van der Waals surface area contributed by atoms with Crippen molar-refractivity contribution in [2.75, 3.05) is 10.6 Å². The molecule has 25 heavy (non-hydrogen) atoms. The van der Waals surface area contributed by atoms with Crippen molar-refractivity contribution in [3.05, 3.63) is 76.6 Å². The lowest BCUT2D eigenvalue weighted by Crippen LogP contribution is -2.23. The minimum Gasteiger partial charge on any atom is -0.459 e. The van der Waals surface area contributed by atoms with Crippen molar-refractivity contribution in [2.24, 2.45) is 7.05 Å². The topological polar surface area (TPSA) is 106 Å². The Morgan fingerprint density at radius 2 is 1.72 bits per heavy atom. The van der Waals surface area contributed by atoms with Gasteiger partial charge >= 0.3 is 0 Å². The highest BCUT2D eigenvalue weighted by Gasteiger charge is 2.11. The summed E-state index contributed by atoms with van der Waals surface area (Å²) in [6.45, 7) is 0. The number of aromatic nitrogens is 2. The van der Waals surface area contributed by atoms with E-state index in [1.54, 1.807) is 36.4 Å². The Hall–Kier alpha value is -3.68. The van der Waals surface area contributed by atoms with Crippen LogP contribution in [0.5, 0.6) is 0 Å². The molecule has 8 heteroatoms. The number of carbonyl (C=O) groups excluding carboxylic acids is 2. The smallest absolute Gasteiger partial charge is 0.291 e. The van der Waals surface area contributed by atoms with E-state index in [0.29, 0.717) is 11.4 Å². The molecule has 0 fully saturated rings. The van der Waals surface area contributed by atoms with Crippen molar-refractivity contribution in [1.82, 2.24) is 9.78 Å². The van der Waals surface area contributed by atoms with Crippen LogP contribution in [0.3, 0.4) is 0 Å². The molecule has 0 aliphatic heterocycles. The van der Waals surface area contributed by atoms with Gasteiger partial charge < -0.3 is 15.1 Å². The third kappa shape index (κ3) is 3.81. The largest absolute Gasteiger partial charge is 0.459 e. The third-order valence-electron chi connectivity index (χ3n) is 3.32. The first kappa shape index (κ1) is 16.2. The molecular formula is C17H14N4O4. The third-order valence-corrected chi connectivity index (χ3v) is 3.32. The number of anilines is 2. The SMILES string of the molecule is Cn1nc(C(=O)Nc2cccc(NC(=O)c3ccco3)c2)ccc1=O. The molecule has 0 saturated heterocycles. The minimum atomic E-state index is -0.467. The number of hydrogen-bond donors (Lipinski definition) is 2. The molecule has 8 nitrogen and oxygen atoms in total. The van der Waals surface area contributed by atoms with Gasteiger partial charge in [-0.15, -0.1) is 0 Å². The van der Waals surface area contributed by atoms with E-state index >= 15 is 0 Å². The number of aryl methyl sites for hydroxylation is 1. The molecule has 0 unspecified atom stereocenters. The summed E-state index contributed by atoms with van der Waals surface area (Å²) in [5.41, 5.74) is 0.761. The van der Waals surface area contributed by atoms with Gasteiger partial charge in [-0.1, -0.05) is 6.07 Å².